The number of aromatic nitrogens is 2. The second-order valence-electron chi connectivity index (χ2n) is 2.15. The molecule has 0 atom stereocenters. The predicted octanol–water partition coefficient (Wildman–Crippen LogP) is 1.35. The number of carbonyl (C=O) groups excluding carboxylic acids is 1. The van der Waals surface area contributed by atoms with Gasteiger partial charge < -0.3 is 4.98 Å². The summed E-state index contributed by atoms with van der Waals surface area (Å²) in [6.45, 7) is 1.71. The molecule has 1 aromatic heterocycles. The molecule has 5 nitrogen and oxygen atoms in total. The Kier molecular flexibility index (Phi) is 2.39. The van der Waals surface area contributed by atoms with Gasteiger partial charge in [-0.05, 0) is 25.2 Å². The average molecular weight is 183 g/mol. The lowest BCUT2D eigenvalue weighted by atomic mass is 10.3. The van der Waals surface area contributed by atoms with Gasteiger partial charge in [-0.25, -0.2) is 4.98 Å². The summed E-state index contributed by atoms with van der Waals surface area (Å²) in [5.41, 5.74) is 0.647. The summed E-state index contributed by atoms with van der Waals surface area (Å²) in [7, 11) is 0. The minimum atomic E-state index is -0.904. The Morgan fingerprint density at radius 2 is 2.42 bits per heavy atom. The number of hydrogen-bond acceptors (Lipinski definition) is 4. The van der Waals surface area contributed by atoms with Crippen molar-refractivity contribution in [3.05, 3.63) is 27.1 Å². The van der Waals surface area contributed by atoms with Crippen molar-refractivity contribution < 1.29 is 4.79 Å². The lowest BCUT2D eigenvalue weighted by molar-refractivity contribution is 0.0995. The maximum absolute atomic E-state index is 10.7. The van der Waals surface area contributed by atoms with E-state index in [-0.39, 0.29) is 10.5 Å². The number of carbonyl (C=O) groups is 1. The van der Waals surface area contributed by atoms with Crippen LogP contribution in [-0.2, 0) is 0 Å². The second kappa shape index (κ2) is 3.31. The maximum Gasteiger partial charge on any atom is 0.335 e. The first-order chi connectivity index (χ1) is 5.63. The third kappa shape index (κ3) is 1.79. The molecular weight excluding hydrogens is 178 g/mol. The van der Waals surface area contributed by atoms with Gasteiger partial charge in [-0.2, -0.15) is 0 Å². The van der Waals surface area contributed by atoms with Crippen molar-refractivity contribution in [2.24, 2.45) is 5.18 Å². The highest BCUT2D eigenvalue weighted by atomic mass is 32.1. The van der Waals surface area contributed by atoms with Crippen molar-refractivity contribution in [1.82, 2.24) is 9.97 Å². The number of nitroso groups, excluding NO2 is 1. The van der Waals surface area contributed by atoms with E-state index in [2.05, 4.69) is 15.1 Å². The first-order valence-electron chi connectivity index (χ1n) is 3.09. The SMILES string of the molecule is Cc1cc(C(=O)N=O)nc(=S)[nH]1. The predicted molar refractivity (Wildman–Crippen MR) is 44.3 cm³/mol. The van der Waals surface area contributed by atoms with Crippen LogP contribution in [0.25, 0.3) is 0 Å². The first kappa shape index (κ1) is 8.66. The summed E-state index contributed by atoms with van der Waals surface area (Å²) in [4.78, 5) is 26.9. The highest BCUT2D eigenvalue weighted by molar-refractivity contribution is 7.71. The van der Waals surface area contributed by atoms with Crippen LogP contribution in [0.3, 0.4) is 0 Å². The Morgan fingerprint density at radius 3 is 2.92 bits per heavy atom. The zero-order valence-electron chi connectivity index (χ0n) is 6.20. The van der Waals surface area contributed by atoms with Gasteiger partial charge in [0, 0.05) is 10.9 Å². The van der Waals surface area contributed by atoms with Gasteiger partial charge in [0.2, 0.25) is 0 Å². The molecule has 12 heavy (non-hydrogen) atoms. The number of amides is 1. The van der Waals surface area contributed by atoms with E-state index in [9.17, 15) is 9.70 Å². The van der Waals surface area contributed by atoms with Crippen LogP contribution in [0.15, 0.2) is 11.2 Å². The molecule has 1 rings (SSSR count). The van der Waals surface area contributed by atoms with Gasteiger partial charge in [-0.15, -0.1) is 4.91 Å². The summed E-state index contributed by atoms with van der Waals surface area (Å²) < 4.78 is 0.169. The third-order valence-electron chi connectivity index (χ3n) is 1.18. The molecule has 0 radical (unpaired) electrons. The smallest absolute Gasteiger partial charge is 0.335 e. The van der Waals surface area contributed by atoms with Crippen LogP contribution in [0.1, 0.15) is 16.2 Å². The van der Waals surface area contributed by atoms with Gasteiger partial charge in [0.15, 0.2) is 4.77 Å². The fourth-order valence-corrected chi connectivity index (χ4v) is 0.995. The van der Waals surface area contributed by atoms with E-state index in [1.807, 2.05) is 0 Å². The van der Waals surface area contributed by atoms with E-state index in [0.717, 1.165) is 0 Å². The van der Waals surface area contributed by atoms with Crippen molar-refractivity contribution in [2.45, 2.75) is 6.92 Å². The molecule has 0 bridgehead atoms. The number of rotatable bonds is 1. The van der Waals surface area contributed by atoms with Crippen molar-refractivity contribution in [2.75, 3.05) is 0 Å². The van der Waals surface area contributed by atoms with Gasteiger partial charge in [-0.1, -0.05) is 0 Å². The maximum atomic E-state index is 10.7. The molecule has 6 heteroatoms. The fourth-order valence-electron chi connectivity index (χ4n) is 0.736. The molecule has 0 aliphatic carbocycles. The standard InChI is InChI=1S/C6H5N3O2S/c1-3-2-4(5(10)9-11)8-6(12)7-3/h2H,1H3,(H,7,8,12). The van der Waals surface area contributed by atoms with Crippen LogP contribution < -0.4 is 0 Å². The van der Waals surface area contributed by atoms with E-state index >= 15 is 0 Å². The first-order valence-corrected chi connectivity index (χ1v) is 3.50. The van der Waals surface area contributed by atoms with Gasteiger partial charge in [-0.3, -0.25) is 4.79 Å². The van der Waals surface area contributed by atoms with E-state index in [1.165, 1.54) is 6.07 Å². The molecule has 0 aromatic carbocycles. The van der Waals surface area contributed by atoms with Crippen LogP contribution in [0.2, 0.25) is 0 Å². The molecule has 0 fully saturated rings. The molecule has 0 aliphatic heterocycles. The lowest BCUT2D eigenvalue weighted by Gasteiger charge is -1.94. The summed E-state index contributed by atoms with van der Waals surface area (Å²) >= 11 is 4.69. The largest absolute Gasteiger partial charge is 0.335 e. The van der Waals surface area contributed by atoms with Crippen LogP contribution in [0.5, 0.6) is 0 Å². The minimum Gasteiger partial charge on any atom is -0.335 e. The number of nitrogens with one attached hydrogen (secondary N) is 1. The number of aromatic amines is 1. The molecule has 0 saturated heterocycles. The van der Waals surface area contributed by atoms with E-state index in [1.54, 1.807) is 6.92 Å². The second-order valence-corrected chi connectivity index (χ2v) is 2.54. The number of hydrogen-bond donors (Lipinski definition) is 1. The quantitative estimate of drug-likeness (QED) is 0.526. The summed E-state index contributed by atoms with van der Waals surface area (Å²) in [5, 5.41) is 2.23. The molecule has 1 N–H and O–H groups in total. The molecule has 1 heterocycles. The molecule has 0 saturated carbocycles. The molecular formula is C6H5N3O2S. The molecule has 1 amide bonds. The number of H-pyrrole nitrogens is 1. The Balaban J connectivity index is 3.26. The Labute approximate surface area is 72.8 Å². The average Bonchev–Trinajstić information content (AvgIpc) is 2.01. The van der Waals surface area contributed by atoms with Crippen molar-refractivity contribution >= 4 is 18.1 Å². The fraction of sp³-hybridized carbons (Fsp3) is 0.167. The van der Waals surface area contributed by atoms with Crippen molar-refractivity contribution in [3.63, 3.8) is 0 Å². The van der Waals surface area contributed by atoms with E-state index < -0.39 is 5.91 Å². The monoisotopic (exact) mass is 183 g/mol. The van der Waals surface area contributed by atoms with Crippen molar-refractivity contribution in [3.8, 4) is 0 Å². The Hall–Kier alpha value is -1.43. The van der Waals surface area contributed by atoms with Crippen molar-refractivity contribution in [1.29, 1.82) is 0 Å². The zero-order valence-corrected chi connectivity index (χ0v) is 7.01. The molecule has 0 spiro atoms. The molecule has 1 aromatic rings. The minimum absolute atomic E-state index is 0.0220. The zero-order chi connectivity index (χ0) is 9.14. The lowest BCUT2D eigenvalue weighted by Crippen LogP contribution is -2.00. The number of aryl methyl sites for hydroxylation is 1. The van der Waals surface area contributed by atoms with Crippen LogP contribution >= 0.6 is 12.2 Å². The van der Waals surface area contributed by atoms with Crippen LogP contribution in [-0.4, -0.2) is 15.9 Å². The molecule has 0 unspecified atom stereocenters. The van der Waals surface area contributed by atoms with Gasteiger partial charge in [0.1, 0.15) is 5.69 Å². The van der Waals surface area contributed by atoms with Crippen LogP contribution in [0, 0.1) is 16.6 Å². The molecule has 0 aliphatic rings. The van der Waals surface area contributed by atoms with Gasteiger partial charge in [0.05, 0.1) is 0 Å². The molecule has 62 valence electrons. The summed E-state index contributed by atoms with van der Waals surface area (Å²) in [6, 6.07) is 1.42. The Morgan fingerprint density at radius 1 is 1.75 bits per heavy atom. The highest BCUT2D eigenvalue weighted by Gasteiger charge is 2.06. The Bertz CT molecular complexity index is 385. The van der Waals surface area contributed by atoms with Crippen LogP contribution in [0.4, 0.5) is 0 Å². The highest BCUT2D eigenvalue weighted by Crippen LogP contribution is 1.99. The van der Waals surface area contributed by atoms with Gasteiger partial charge >= 0.3 is 5.91 Å². The number of nitrogens with zero attached hydrogens (tertiary/aromatic N) is 2. The van der Waals surface area contributed by atoms with Gasteiger partial charge in [0.25, 0.3) is 0 Å². The third-order valence-corrected chi connectivity index (χ3v) is 1.37. The summed E-state index contributed by atoms with van der Waals surface area (Å²) in [5.74, 6) is -0.904. The normalized spacial score (nSPS) is 9.42. The van der Waals surface area contributed by atoms with E-state index in [0.29, 0.717) is 5.69 Å². The van der Waals surface area contributed by atoms with E-state index in [4.69, 9.17) is 12.2 Å². The topological polar surface area (TPSA) is 75.2 Å². The summed E-state index contributed by atoms with van der Waals surface area (Å²) in [6.07, 6.45) is 0.